The fourth-order valence-electron chi connectivity index (χ4n) is 2.27. The second-order valence-electron chi connectivity index (χ2n) is 5.81. The molecule has 0 aliphatic rings. The molecule has 2 rings (SSSR count). The summed E-state index contributed by atoms with van der Waals surface area (Å²) in [6.07, 6.45) is 0. The van der Waals surface area contributed by atoms with Gasteiger partial charge in [0.15, 0.2) is 5.11 Å². The van der Waals surface area contributed by atoms with Gasteiger partial charge >= 0.3 is 5.97 Å². The van der Waals surface area contributed by atoms with Crippen LogP contribution in [0.3, 0.4) is 0 Å². The monoisotopic (exact) mass is 422 g/mol. The summed E-state index contributed by atoms with van der Waals surface area (Å²) >= 11 is 13.1. The third-order valence-electron chi connectivity index (χ3n) is 3.71. The molecule has 0 atom stereocenters. The number of thioether (sulfide) groups is 1. The Balaban J connectivity index is 1.75. The van der Waals surface area contributed by atoms with Crippen LogP contribution in [0.1, 0.15) is 28.4 Å². The highest BCUT2D eigenvalue weighted by atomic mass is 35.5. The van der Waals surface area contributed by atoms with E-state index in [1.165, 1.54) is 5.56 Å². The number of thiocarbonyl (C=S) groups is 1. The van der Waals surface area contributed by atoms with Crippen LogP contribution in [-0.2, 0) is 10.5 Å². The predicted molar refractivity (Wildman–Crippen MR) is 119 cm³/mol. The first-order chi connectivity index (χ1) is 13.0. The van der Waals surface area contributed by atoms with E-state index >= 15 is 0 Å². The molecule has 0 unspecified atom stereocenters. The Morgan fingerprint density at radius 1 is 1.22 bits per heavy atom. The number of nitrogens with one attached hydrogen (secondary N) is 2. The van der Waals surface area contributed by atoms with Gasteiger partial charge in [0, 0.05) is 28.8 Å². The van der Waals surface area contributed by atoms with E-state index in [2.05, 4.69) is 10.6 Å². The van der Waals surface area contributed by atoms with Crippen molar-refractivity contribution in [2.45, 2.75) is 19.6 Å². The molecule has 4 nitrogen and oxygen atoms in total. The van der Waals surface area contributed by atoms with E-state index in [0.717, 1.165) is 34.3 Å². The van der Waals surface area contributed by atoms with Crippen molar-refractivity contribution in [1.82, 2.24) is 5.32 Å². The van der Waals surface area contributed by atoms with Gasteiger partial charge in [-0.05, 0) is 61.5 Å². The molecule has 27 heavy (non-hydrogen) atoms. The number of halogens is 1. The second kappa shape index (κ2) is 11.2. The zero-order chi connectivity index (χ0) is 19.6. The number of ether oxygens (including phenoxy) is 1. The molecule has 0 radical (unpaired) electrons. The van der Waals surface area contributed by atoms with Crippen LogP contribution >= 0.6 is 35.6 Å². The summed E-state index contributed by atoms with van der Waals surface area (Å²) in [5.41, 5.74) is 3.55. The average molecular weight is 423 g/mol. The quantitative estimate of drug-likeness (QED) is 0.353. The summed E-state index contributed by atoms with van der Waals surface area (Å²) in [5, 5.41) is 7.63. The third-order valence-corrected chi connectivity index (χ3v) is 5.24. The van der Waals surface area contributed by atoms with Crippen molar-refractivity contribution in [3.05, 3.63) is 64.2 Å². The van der Waals surface area contributed by atoms with Crippen LogP contribution in [0.5, 0.6) is 0 Å². The molecule has 0 saturated carbocycles. The standard InChI is InChI=1S/C20H23ClN2O2S2/c1-3-25-19(24)16-7-4-14(2)18(12-16)23-20(26)22-10-11-27-13-15-5-8-17(21)9-6-15/h4-9,12H,3,10-11,13H2,1-2H3,(H2,22,23,26). The van der Waals surface area contributed by atoms with E-state index < -0.39 is 0 Å². The van der Waals surface area contributed by atoms with Gasteiger partial charge in [-0.1, -0.05) is 29.8 Å². The number of carbonyl (C=O) groups is 1. The lowest BCUT2D eigenvalue weighted by Crippen LogP contribution is -2.30. The topological polar surface area (TPSA) is 50.4 Å². The van der Waals surface area contributed by atoms with Gasteiger partial charge < -0.3 is 15.4 Å². The van der Waals surface area contributed by atoms with E-state index in [1.807, 2.05) is 49.0 Å². The maximum Gasteiger partial charge on any atom is 0.338 e. The first kappa shape index (κ1) is 21.5. The highest BCUT2D eigenvalue weighted by Crippen LogP contribution is 2.18. The molecule has 0 heterocycles. The maximum atomic E-state index is 11.9. The van der Waals surface area contributed by atoms with Crippen molar-refractivity contribution in [2.75, 3.05) is 24.2 Å². The normalized spacial score (nSPS) is 10.3. The smallest absolute Gasteiger partial charge is 0.338 e. The van der Waals surface area contributed by atoms with Crippen molar-refractivity contribution in [3.63, 3.8) is 0 Å². The van der Waals surface area contributed by atoms with Gasteiger partial charge in [0.1, 0.15) is 0 Å². The van der Waals surface area contributed by atoms with Crippen molar-refractivity contribution in [3.8, 4) is 0 Å². The molecule has 0 fully saturated rings. The number of hydrogen-bond donors (Lipinski definition) is 2. The van der Waals surface area contributed by atoms with Crippen LogP contribution in [0.2, 0.25) is 5.02 Å². The Labute approximate surface area is 175 Å². The van der Waals surface area contributed by atoms with Gasteiger partial charge in [0.25, 0.3) is 0 Å². The molecule has 0 aliphatic carbocycles. The molecule has 2 aromatic carbocycles. The van der Waals surface area contributed by atoms with E-state index in [4.69, 9.17) is 28.6 Å². The minimum atomic E-state index is -0.335. The summed E-state index contributed by atoms with van der Waals surface area (Å²) in [7, 11) is 0. The second-order valence-corrected chi connectivity index (χ2v) is 7.76. The number of esters is 1. The Kier molecular flexibility index (Phi) is 8.91. The fourth-order valence-corrected chi connectivity index (χ4v) is 3.43. The lowest BCUT2D eigenvalue weighted by atomic mass is 10.1. The van der Waals surface area contributed by atoms with Gasteiger partial charge in [0.05, 0.1) is 12.2 Å². The molecule has 0 bridgehead atoms. The van der Waals surface area contributed by atoms with Crippen molar-refractivity contribution >= 4 is 52.3 Å². The molecular weight excluding hydrogens is 400 g/mol. The van der Waals surface area contributed by atoms with Gasteiger partial charge in [-0.3, -0.25) is 0 Å². The molecule has 7 heteroatoms. The molecule has 0 aliphatic heterocycles. The van der Waals surface area contributed by atoms with Crippen LogP contribution < -0.4 is 10.6 Å². The minimum Gasteiger partial charge on any atom is -0.462 e. The maximum absolute atomic E-state index is 11.9. The number of aryl methyl sites for hydroxylation is 1. The largest absolute Gasteiger partial charge is 0.462 e. The fraction of sp³-hybridized carbons (Fsp3) is 0.300. The van der Waals surface area contributed by atoms with Gasteiger partial charge in [-0.2, -0.15) is 11.8 Å². The lowest BCUT2D eigenvalue weighted by molar-refractivity contribution is 0.0526. The Hall–Kier alpha value is -1.76. The highest BCUT2D eigenvalue weighted by Gasteiger charge is 2.09. The zero-order valence-corrected chi connectivity index (χ0v) is 17.8. The van der Waals surface area contributed by atoms with Crippen LogP contribution in [0.15, 0.2) is 42.5 Å². The molecule has 0 amide bonds. The first-order valence-corrected chi connectivity index (χ1v) is 10.6. The summed E-state index contributed by atoms with van der Waals surface area (Å²) in [6, 6.07) is 13.3. The van der Waals surface area contributed by atoms with Gasteiger partial charge in [0.2, 0.25) is 0 Å². The van der Waals surface area contributed by atoms with E-state index in [0.29, 0.717) is 17.3 Å². The number of anilines is 1. The van der Waals surface area contributed by atoms with E-state index in [9.17, 15) is 4.79 Å². The van der Waals surface area contributed by atoms with Crippen LogP contribution in [0.25, 0.3) is 0 Å². The van der Waals surface area contributed by atoms with Gasteiger partial charge in [-0.25, -0.2) is 4.79 Å². The summed E-state index contributed by atoms with van der Waals surface area (Å²) in [4.78, 5) is 11.9. The Bertz CT molecular complexity index is 782. The van der Waals surface area contributed by atoms with Crippen molar-refractivity contribution in [2.24, 2.45) is 0 Å². The third kappa shape index (κ3) is 7.40. The number of carbonyl (C=O) groups excluding carboxylic acids is 1. The highest BCUT2D eigenvalue weighted by molar-refractivity contribution is 7.98. The molecule has 0 spiro atoms. The molecule has 0 saturated heterocycles. The van der Waals surface area contributed by atoms with Crippen LogP contribution in [0.4, 0.5) is 5.69 Å². The van der Waals surface area contributed by atoms with Crippen LogP contribution in [-0.4, -0.2) is 30.0 Å². The van der Waals surface area contributed by atoms with E-state index in [-0.39, 0.29) is 5.97 Å². The minimum absolute atomic E-state index is 0.335. The summed E-state index contributed by atoms with van der Waals surface area (Å²) in [5.74, 6) is 1.52. The first-order valence-electron chi connectivity index (χ1n) is 8.64. The predicted octanol–water partition coefficient (Wildman–Crippen LogP) is 5.04. The zero-order valence-electron chi connectivity index (χ0n) is 15.4. The number of hydrogen-bond acceptors (Lipinski definition) is 4. The van der Waals surface area contributed by atoms with Crippen molar-refractivity contribution in [1.29, 1.82) is 0 Å². The van der Waals surface area contributed by atoms with E-state index in [1.54, 1.807) is 19.1 Å². The molecule has 144 valence electrons. The lowest BCUT2D eigenvalue weighted by Gasteiger charge is -2.13. The van der Waals surface area contributed by atoms with Crippen molar-refractivity contribution < 1.29 is 9.53 Å². The summed E-state index contributed by atoms with van der Waals surface area (Å²) in [6.45, 7) is 4.85. The number of benzene rings is 2. The Morgan fingerprint density at radius 3 is 2.67 bits per heavy atom. The molecule has 0 aromatic heterocycles. The van der Waals surface area contributed by atoms with Gasteiger partial charge in [-0.15, -0.1) is 0 Å². The number of rotatable bonds is 8. The molecular formula is C20H23ClN2O2S2. The average Bonchev–Trinajstić information content (AvgIpc) is 2.65. The van der Waals surface area contributed by atoms with Crippen LogP contribution in [0, 0.1) is 6.92 Å². The summed E-state index contributed by atoms with van der Waals surface area (Å²) < 4.78 is 5.04. The Morgan fingerprint density at radius 2 is 1.96 bits per heavy atom. The SMILES string of the molecule is CCOC(=O)c1ccc(C)c(NC(=S)NCCSCc2ccc(Cl)cc2)c1. The molecule has 2 aromatic rings. The molecule has 2 N–H and O–H groups in total.